The molecule has 218 valence electrons. The van der Waals surface area contributed by atoms with E-state index in [-0.39, 0.29) is 11.3 Å². The SMILES string of the molecule is CCc1ccc(C(=O)N2CCC(CCN3[C@@H]4CC[C@H]3CC(n3c(C)nc5ccccc53)C4)(c3ccccc3)CC2)cc1. The molecule has 5 heteroatoms. The first-order valence-electron chi connectivity index (χ1n) is 16.2. The van der Waals surface area contributed by atoms with E-state index in [1.54, 1.807) is 0 Å². The number of aromatic nitrogens is 2. The molecule has 1 aromatic heterocycles. The number of hydrogen-bond acceptors (Lipinski definition) is 3. The van der Waals surface area contributed by atoms with Crippen molar-refractivity contribution in [3.63, 3.8) is 0 Å². The van der Waals surface area contributed by atoms with E-state index in [1.165, 1.54) is 42.3 Å². The summed E-state index contributed by atoms with van der Waals surface area (Å²) in [7, 11) is 0. The van der Waals surface area contributed by atoms with Crippen LogP contribution in [0.5, 0.6) is 0 Å². The van der Waals surface area contributed by atoms with Crippen LogP contribution >= 0.6 is 0 Å². The van der Waals surface area contributed by atoms with Gasteiger partial charge >= 0.3 is 0 Å². The number of benzene rings is 3. The fraction of sp³-hybridized carbons (Fsp3) is 0.459. The predicted octanol–water partition coefficient (Wildman–Crippen LogP) is 7.34. The fourth-order valence-corrected chi connectivity index (χ4v) is 8.47. The molecule has 4 aromatic rings. The first kappa shape index (κ1) is 27.4. The van der Waals surface area contributed by atoms with Gasteiger partial charge in [0.1, 0.15) is 5.82 Å². The van der Waals surface area contributed by atoms with Crippen molar-refractivity contribution < 1.29 is 4.79 Å². The Hall–Kier alpha value is -3.44. The zero-order valence-electron chi connectivity index (χ0n) is 25.2. The van der Waals surface area contributed by atoms with Gasteiger partial charge in [-0.05, 0) is 106 Å². The molecular formula is C37H44N4O. The van der Waals surface area contributed by atoms with E-state index in [0.717, 1.165) is 62.2 Å². The van der Waals surface area contributed by atoms with Crippen LogP contribution in [0, 0.1) is 6.92 Å². The molecule has 5 nitrogen and oxygen atoms in total. The summed E-state index contributed by atoms with van der Waals surface area (Å²) < 4.78 is 2.53. The molecule has 2 bridgehead atoms. The van der Waals surface area contributed by atoms with Crippen molar-refractivity contribution in [2.45, 2.75) is 88.8 Å². The zero-order chi connectivity index (χ0) is 28.7. The Bertz CT molecular complexity index is 1520. The summed E-state index contributed by atoms with van der Waals surface area (Å²) in [5.74, 6) is 1.33. The summed E-state index contributed by atoms with van der Waals surface area (Å²) in [5, 5.41) is 0. The molecule has 1 unspecified atom stereocenters. The fourth-order valence-electron chi connectivity index (χ4n) is 8.47. The van der Waals surface area contributed by atoms with Crippen LogP contribution in [0.25, 0.3) is 11.0 Å². The topological polar surface area (TPSA) is 41.4 Å². The molecule has 1 amide bonds. The summed E-state index contributed by atoms with van der Waals surface area (Å²) in [6.45, 7) is 7.12. The molecule has 7 rings (SSSR count). The number of amides is 1. The monoisotopic (exact) mass is 560 g/mol. The van der Waals surface area contributed by atoms with E-state index in [1.807, 2.05) is 12.1 Å². The molecule has 42 heavy (non-hydrogen) atoms. The molecule has 0 aliphatic carbocycles. The van der Waals surface area contributed by atoms with Gasteiger partial charge in [0.25, 0.3) is 5.91 Å². The second-order valence-corrected chi connectivity index (χ2v) is 13.0. The third-order valence-electron chi connectivity index (χ3n) is 10.8. The number of imidazole rings is 1. The van der Waals surface area contributed by atoms with E-state index in [2.05, 4.69) is 94.9 Å². The number of likely N-dealkylation sites (tertiary alicyclic amines) is 1. The number of aryl methyl sites for hydroxylation is 2. The highest BCUT2D eigenvalue weighted by atomic mass is 16.2. The van der Waals surface area contributed by atoms with Gasteiger partial charge < -0.3 is 9.47 Å². The lowest BCUT2D eigenvalue weighted by Gasteiger charge is -2.45. The van der Waals surface area contributed by atoms with Crippen LogP contribution in [0.2, 0.25) is 0 Å². The van der Waals surface area contributed by atoms with Crippen LogP contribution in [0.4, 0.5) is 0 Å². The summed E-state index contributed by atoms with van der Waals surface area (Å²) in [4.78, 5) is 23.2. The van der Waals surface area contributed by atoms with E-state index < -0.39 is 0 Å². The third-order valence-corrected chi connectivity index (χ3v) is 10.8. The lowest BCUT2D eigenvalue weighted by atomic mass is 9.70. The van der Waals surface area contributed by atoms with Gasteiger partial charge in [-0.1, -0.05) is 61.5 Å². The van der Waals surface area contributed by atoms with Crippen LogP contribution in [-0.4, -0.2) is 57.0 Å². The van der Waals surface area contributed by atoms with Crippen LogP contribution in [0.1, 0.15) is 85.2 Å². The Morgan fingerprint density at radius 2 is 1.52 bits per heavy atom. The summed E-state index contributed by atoms with van der Waals surface area (Å²) in [6, 6.07) is 29.8. The van der Waals surface area contributed by atoms with E-state index in [0.29, 0.717) is 18.1 Å². The first-order valence-corrected chi connectivity index (χ1v) is 16.2. The van der Waals surface area contributed by atoms with Crippen LogP contribution in [-0.2, 0) is 11.8 Å². The van der Waals surface area contributed by atoms with Gasteiger partial charge in [-0.3, -0.25) is 9.69 Å². The second kappa shape index (κ2) is 11.3. The smallest absolute Gasteiger partial charge is 0.253 e. The van der Waals surface area contributed by atoms with E-state index in [9.17, 15) is 4.79 Å². The Kier molecular flexibility index (Phi) is 7.39. The van der Waals surface area contributed by atoms with Gasteiger partial charge in [-0.25, -0.2) is 4.98 Å². The van der Waals surface area contributed by atoms with Crippen molar-refractivity contribution in [3.05, 3.63) is 101 Å². The number of nitrogens with zero attached hydrogens (tertiary/aromatic N) is 4. The van der Waals surface area contributed by atoms with Crippen molar-refractivity contribution in [1.29, 1.82) is 0 Å². The molecule has 0 spiro atoms. The van der Waals surface area contributed by atoms with Gasteiger partial charge in [0.15, 0.2) is 0 Å². The first-order chi connectivity index (χ1) is 20.5. The van der Waals surface area contributed by atoms with Crippen molar-refractivity contribution >= 4 is 16.9 Å². The standard InChI is InChI=1S/C37H44N4O/c1-3-28-13-15-29(16-14-28)36(42)39-22-19-37(20-23-39,30-9-5-4-6-10-30)21-24-40-31-17-18-32(40)26-33(25-31)41-27(2)38-34-11-7-8-12-35(34)41/h4-16,31-33H,3,17-26H2,1-2H3/t31-,32+,33?. The second-order valence-electron chi connectivity index (χ2n) is 13.0. The van der Waals surface area contributed by atoms with Crippen LogP contribution in [0.3, 0.4) is 0 Å². The van der Waals surface area contributed by atoms with Gasteiger partial charge in [-0.2, -0.15) is 0 Å². The quantitative estimate of drug-likeness (QED) is 0.237. The zero-order valence-corrected chi connectivity index (χ0v) is 25.2. The lowest BCUT2D eigenvalue weighted by molar-refractivity contribution is 0.0607. The van der Waals surface area contributed by atoms with Crippen LogP contribution in [0.15, 0.2) is 78.9 Å². The van der Waals surface area contributed by atoms with E-state index in [4.69, 9.17) is 4.98 Å². The lowest BCUT2D eigenvalue weighted by Crippen LogP contribution is -2.49. The highest BCUT2D eigenvalue weighted by Gasteiger charge is 2.44. The minimum absolute atomic E-state index is 0.123. The number of carbonyl (C=O) groups is 1. The largest absolute Gasteiger partial charge is 0.339 e. The number of carbonyl (C=O) groups excluding carboxylic acids is 1. The molecule has 3 fully saturated rings. The molecule has 0 saturated carbocycles. The number of para-hydroxylation sites is 2. The maximum atomic E-state index is 13.4. The van der Waals surface area contributed by atoms with Crippen molar-refractivity contribution in [1.82, 2.24) is 19.4 Å². The summed E-state index contributed by atoms with van der Waals surface area (Å²) in [6.07, 6.45) is 9.27. The third kappa shape index (κ3) is 4.96. The molecule has 0 radical (unpaired) electrons. The normalized spacial score (nSPS) is 23.9. The van der Waals surface area contributed by atoms with E-state index >= 15 is 0 Å². The van der Waals surface area contributed by atoms with Gasteiger partial charge in [0.05, 0.1) is 11.0 Å². The number of fused-ring (bicyclic) bond motifs is 3. The van der Waals surface area contributed by atoms with Crippen molar-refractivity contribution in [3.8, 4) is 0 Å². The number of piperidine rings is 2. The molecule has 3 aliphatic rings. The predicted molar refractivity (Wildman–Crippen MR) is 170 cm³/mol. The highest BCUT2D eigenvalue weighted by molar-refractivity contribution is 5.94. The van der Waals surface area contributed by atoms with Gasteiger partial charge in [-0.15, -0.1) is 0 Å². The van der Waals surface area contributed by atoms with Crippen molar-refractivity contribution in [2.75, 3.05) is 19.6 Å². The average molecular weight is 561 g/mol. The molecule has 3 aromatic carbocycles. The minimum atomic E-state index is 0.123. The molecule has 3 saturated heterocycles. The Labute approximate surface area is 250 Å². The number of rotatable bonds is 7. The Morgan fingerprint density at radius 3 is 2.21 bits per heavy atom. The van der Waals surface area contributed by atoms with Gasteiger partial charge in [0, 0.05) is 36.8 Å². The van der Waals surface area contributed by atoms with Crippen molar-refractivity contribution in [2.24, 2.45) is 0 Å². The van der Waals surface area contributed by atoms with Gasteiger partial charge in [0.2, 0.25) is 0 Å². The molecule has 4 heterocycles. The maximum absolute atomic E-state index is 13.4. The highest BCUT2D eigenvalue weighted by Crippen LogP contribution is 2.45. The molecule has 0 N–H and O–H groups in total. The Balaban J connectivity index is 1.05. The van der Waals surface area contributed by atoms with Crippen LogP contribution < -0.4 is 0 Å². The molecule has 3 atom stereocenters. The molecular weight excluding hydrogens is 516 g/mol. The Morgan fingerprint density at radius 1 is 0.857 bits per heavy atom. The minimum Gasteiger partial charge on any atom is -0.339 e. The number of hydrogen-bond donors (Lipinski definition) is 0. The summed E-state index contributed by atoms with van der Waals surface area (Å²) in [5.41, 5.74) is 6.08. The maximum Gasteiger partial charge on any atom is 0.253 e. The summed E-state index contributed by atoms with van der Waals surface area (Å²) >= 11 is 0. The average Bonchev–Trinajstić information content (AvgIpc) is 3.50. The molecule has 3 aliphatic heterocycles.